The van der Waals surface area contributed by atoms with E-state index in [0.717, 1.165) is 16.8 Å². The molecule has 150 valence electrons. The van der Waals surface area contributed by atoms with E-state index in [-0.39, 0.29) is 11.5 Å². The molecule has 0 atom stereocenters. The number of hydrogen-bond donors (Lipinski definition) is 0. The number of carbonyl (C=O) groups excluding carboxylic acids is 1. The number of aryl methyl sites for hydroxylation is 1. The number of rotatable bonds is 6. The fourth-order valence-electron chi connectivity index (χ4n) is 2.93. The van der Waals surface area contributed by atoms with Crippen LogP contribution in [0.1, 0.15) is 15.9 Å². The molecule has 0 bridgehead atoms. The highest BCUT2D eigenvalue weighted by Crippen LogP contribution is 2.29. The lowest BCUT2D eigenvalue weighted by Crippen LogP contribution is -2.05. The summed E-state index contributed by atoms with van der Waals surface area (Å²) in [5.41, 5.74) is 3.60. The number of carbonyl (C=O) groups is 1. The maximum atomic E-state index is 12.6. The fourth-order valence-corrected chi connectivity index (χ4v) is 4.02. The smallest absolute Gasteiger partial charge is 0.196 e. The Bertz CT molecular complexity index is 1170. The molecule has 0 N–H and O–H groups in total. The largest absolute Gasteiger partial charge is 0.293 e. The third kappa shape index (κ3) is 4.59. The Morgan fingerprint density at radius 1 is 0.867 bits per heavy atom. The van der Waals surface area contributed by atoms with Gasteiger partial charge in [0.05, 0.1) is 5.75 Å². The number of benzene rings is 3. The van der Waals surface area contributed by atoms with Crippen molar-refractivity contribution >= 4 is 40.7 Å². The summed E-state index contributed by atoms with van der Waals surface area (Å²) in [6.07, 6.45) is 0. The zero-order chi connectivity index (χ0) is 21.1. The van der Waals surface area contributed by atoms with Gasteiger partial charge in [0.15, 0.2) is 16.8 Å². The summed E-state index contributed by atoms with van der Waals surface area (Å²) in [7, 11) is 0. The first kappa shape index (κ1) is 20.7. The second-order valence-electron chi connectivity index (χ2n) is 6.70. The predicted octanol–water partition coefficient (Wildman–Crippen LogP) is 6.52. The number of thioether (sulfide) groups is 1. The van der Waals surface area contributed by atoms with E-state index in [0.29, 0.717) is 26.6 Å². The maximum absolute atomic E-state index is 12.6. The van der Waals surface area contributed by atoms with Gasteiger partial charge in [0.1, 0.15) is 0 Å². The van der Waals surface area contributed by atoms with Crippen molar-refractivity contribution in [2.24, 2.45) is 0 Å². The summed E-state index contributed by atoms with van der Waals surface area (Å²) in [6.45, 7) is 2.04. The van der Waals surface area contributed by atoms with E-state index in [1.807, 2.05) is 60.0 Å². The Kier molecular flexibility index (Phi) is 6.23. The normalized spacial score (nSPS) is 10.9. The number of Topliss-reactive ketones (excluding diaryl/α,β-unsaturated/α-hetero) is 1. The van der Waals surface area contributed by atoms with Crippen LogP contribution in [0.4, 0.5) is 0 Å². The highest BCUT2D eigenvalue weighted by atomic mass is 35.5. The second-order valence-corrected chi connectivity index (χ2v) is 8.52. The molecule has 0 saturated carbocycles. The first-order valence-corrected chi connectivity index (χ1v) is 11.0. The topological polar surface area (TPSA) is 47.8 Å². The molecule has 0 saturated heterocycles. The highest BCUT2D eigenvalue weighted by Gasteiger charge is 2.18. The van der Waals surface area contributed by atoms with E-state index in [9.17, 15) is 4.79 Å². The first-order valence-electron chi connectivity index (χ1n) is 9.21. The zero-order valence-corrected chi connectivity index (χ0v) is 18.4. The second kappa shape index (κ2) is 9.04. The van der Waals surface area contributed by atoms with Crippen molar-refractivity contribution in [3.05, 3.63) is 94.0 Å². The average molecular weight is 454 g/mol. The van der Waals surface area contributed by atoms with Crippen LogP contribution in [-0.4, -0.2) is 26.3 Å². The van der Waals surface area contributed by atoms with Crippen LogP contribution in [0.5, 0.6) is 0 Å². The summed E-state index contributed by atoms with van der Waals surface area (Å²) in [5.74, 6) is 0.937. The van der Waals surface area contributed by atoms with Gasteiger partial charge in [-0.05, 0) is 67.6 Å². The Morgan fingerprint density at radius 3 is 2.10 bits per heavy atom. The number of ketones is 1. The third-order valence-electron chi connectivity index (χ3n) is 4.53. The van der Waals surface area contributed by atoms with Gasteiger partial charge in [0.25, 0.3) is 0 Å². The van der Waals surface area contributed by atoms with Gasteiger partial charge in [0, 0.05) is 26.9 Å². The van der Waals surface area contributed by atoms with Crippen molar-refractivity contribution in [2.45, 2.75) is 12.1 Å². The van der Waals surface area contributed by atoms with Gasteiger partial charge in [-0.25, -0.2) is 0 Å². The van der Waals surface area contributed by atoms with Crippen molar-refractivity contribution in [1.82, 2.24) is 14.8 Å². The maximum Gasteiger partial charge on any atom is 0.196 e. The van der Waals surface area contributed by atoms with E-state index in [4.69, 9.17) is 23.2 Å². The highest BCUT2D eigenvalue weighted by molar-refractivity contribution is 7.99. The van der Waals surface area contributed by atoms with Crippen LogP contribution >= 0.6 is 35.0 Å². The Labute approximate surface area is 188 Å². The lowest BCUT2D eigenvalue weighted by molar-refractivity contribution is 0.102. The van der Waals surface area contributed by atoms with Gasteiger partial charge in [-0.2, -0.15) is 0 Å². The molecule has 0 amide bonds. The summed E-state index contributed by atoms with van der Waals surface area (Å²) in [5, 5.41) is 10.7. The molecular formula is C23H17Cl2N3OS. The van der Waals surface area contributed by atoms with E-state index in [2.05, 4.69) is 10.2 Å². The molecule has 30 heavy (non-hydrogen) atoms. The van der Waals surface area contributed by atoms with Gasteiger partial charge in [0.2, 0.25) is 0 Å². The van der Waals surface area contributed by atoms with Gasteiger partial charge >= 0.3 is 0 Å². The fraction of sp³-hybridized carbons (Fsp3) is 0.0870. The van der Waals surface area contributed by atoms with Crippen LogP contribution in [0, 0.1) is 6.92 Å². The molecule has 7 heteroatoms. The molecule has 0 aliphatic rings. The van der Waals surface area contributed by atoms with E-state index >= 15 is 0 Å². The molecule has 0 spiro atoms. The minimum absolute atomic E-state index is 0.00293. The van der Waals surface area contributed by atoms with Crippen LogP contribution in [0.3, 0.4) is 0 Å². The summed E-state index contributed by atoms with van der Waals surface area (Å²) in [4.78, 5) is 12.6. The number of nitrogens with zero attached hydrogens (tertiary/aromatic N) is 3. The van der Waals surface area contributed by atoms with E-state index < -0.39 is 0 Å². The Hall–Kier alpha value is -2.60. The SMILES string of the molecule is Cc1ccc(-n2c(SCC(=O)c3ccc(Cl)cc3)nnc2-c2ccc(Cl)cc2)cc1. The molecule has 4 nitrogen and oxygen atoms in total. The van der Waals surface area contributed by atoms with Gasteiger partial charge in [-0.15, -0.1) is 10.2 Å². The lowest BCUT2D eigenvalue weighted by atomic mass is 10.1. The van der Waals surface area contributed by atoms with Crippen molar-refractivity contribution in [1.29, 1.82) is 0 Å². The number of halogens is 2. The standard InChI is InChI=1S/C23H17Cl2N3OS/c1-15-2-12-20(13-3-15)28-22(17-6-10-19(25)11-7-17)26-27-23(28)30-14-21(29)16-4-8-18(24)9-5-16/h2-13H,14H2,1H3. The molecule has 0 aliphatic carbocycles. The van der Waals surface area contributed by atoms with Crippen molar-refractivity contribution in [3.63, 3.8) is 0 Å². The van der Waals surface area contributed by atoms with Crippen LogP contribution in [0.25, 0.3) is 17.1 Å². The molecule has 0 fully saturated rings. The zero-order valence-electron chi connectivity index (χ0n) is 16.0. The third-order valence-corrected chi connectivity index (χ3v) is 5.96. The summed E-state index contributed by atoms with van der Waals surface area (Å²) < 4.78 is 1.96. The predicted molar refractivity (Wildman–Crippen MR) is 123 cm³/mol. The molecule has 0 radical (unpaired) electrons. The van der Waals surface area contributed by atoms with Gasteiger partial charge in [-0.1, -0.05) is 52.7 Å². The van der Waals surface area contributed by atoms with E-state index in [1.54, 1.807) is 24.3 Å². The van der Waals surface area contributed by atoms with Crippen molar-refractivity contribution in [3.8, 4) is 17.1 Å². The monoisotopic (exact) mass is 453 g/mol. The van der Waals surface area contributed by atoms with Crippen LogP contribution in [0.2, 0.25) is 10.0 Å². The number of aromatic nitrogens is 3. The molecule has 3 aromatic carbocycles. The van der Waals surface area contributed by atoms with Crippen molar-refractivity contribution in [2.75, 3.05) is 5.75 Å². The minimum Gasteiger partial charge on any atom is -0.293 e. The van der Waals surface area contributed by atoms with Gasteiger partial charge < -0.3 is 0 Å². The molecule has 1 aromatic heterocycles. The number of hydrogen-bond acceptors (Lipinski definition) is 4. The van der Waals surface area contributed by atoms with Crippen LogP contribution < -0.4 is 0 Å². The molecule has 4 aromatic rings. The Morgan fingerprint density at radius 2 is 1.47 bits per heavy atom. The quantitative estimate of drug-likeness (QED) is 0.246. The summed E-state index contributed by atoms with van der Waals surface area (Å²) in [6, 6.07) is 22.5. The molecule has 0 unspecified atom stereocenters. The van der Waals surface area contributed by atoms with E-state index in [1.165, 1.54) is 11.8 Å². The van der Waals surface area contributed by atoms with Gasteiger partial charge in [-0.3, -0.25) is 9.36 Å². The average Bonchev–Trinajstić information content (AvgIpc) is 3.17. The van der Waals surface area contributed by atoms with Crippen molar-refractivity contribution < 1.29 is 4.79 Å². The molecule has 0 aliphatic heterocycles. The van der Waals surface area contributed by atoms with Crippen LogP contribution in [0.15, 0.2) is 78.0 Å². The Balaban J connectivity index is 1.67. The molecule has 1 heterocycles. The first-order chi connectivity index (χ1) is 14.5. The lowest BCUT2D eigenvalue weighted by Gasteiger charge is -2.11. The summed E-state index contributed by atoms with van der Waals surface area (Å²) >= 11 is 13.3. The molecular weight excluding hydrogens is 437 g/mol. The van der Waals surface area contributed by atoms with Crippen LogP contribution in [-0.2, 0) is 0 Å². The molecule has 4 rings (SSSR count). The minimum atomic E-state index is 0.00293.